The fourth-order valence-electron chi connectivity index (χ4n) is 6.99. The molecule has 0 spiro atoms. The number of aromatic nitrogens is 2. The maximum atomic E-state index is 8.73. The Morgan fingerprint density at radius 3 is 1.95 bits per heavy atom. The Morgan fingerprint density at radius 1 is 0.607 bits per heavy atom. The zero-order valence-electron chi connectivity index (χ0n) is 33.8. The quantitative estimate of drug-likeness (QED) is 0.118. The van der Waals surface area contributed by atoms with Crippen molar-refractivity contribution in [3.8, 4) is 44.8 Å². The number of hydrogen-bond donors (Lipinski definition) is 0. The predicted octanol–water partition coefficient (Wildman–Crippen LogP) is 12.8. The molecule has 6 aromatic carbocycles. The van der Waals surface area contributed by atoms with E-state index in [0.717, 1.165) is 44.3 Å². The SMILES string of the molecule is Cc1cc(-c2[c-]ccc(-c3ccccc3)c2)nc[c]1[Ge]([CH3])([CH3])[CH3].[2H]C([2H])(c1ccccc1)c1ccnc(-c2[c-]ccc3c2oc2cc(-c4ccccc4)ccc23)c1.[Ir]. The Balaban J connectivity index is 0.000000187. The van der Waals surface area contributed by atoms with Gasteiger partial charge in [0.25, 0.3) is 0 Å². The van der Waals surface area contributed by atoms with E-state index in [9.17, 15) is 0 Å². The standard InChI is InChI=1S/C30H20NO.C21H22GeN.Ir/c1-3-8-21(9-4-1)18-22-16-17-31-28(19-22)27-13-7-12-26-25-15-14-24(20-29(25)32-30(26)27)23-10-5-2-6-11-23;1-16-13-21(23-15-20(16)22(2,3)4)19-12-8-11-18(14-19)17-9-6-5-7-10-17;/h1-12,14-17,19-20H,18H2;5-11,13-15H,1-4H3;/q2*-1;/i18D2;;. The van der Waals surface area contributed by atoms with Gasteiger partial charge in [0.05, 0.1) is 5.58 Å². The number of furan rings is 1. The van der Waals surface area contributed by atoms with Gasteiger partial charge in [-0.25, -0.2) is 0 Å². The minimum atomic E-state index is -1.85. The van der Waals surface area contributed by atoms with Gasteiger partial charge in [-0.05, 0) is 46.5 Å². The molecule has 0 saturated heterocycles. The molecule has 0 atom stereocenters. The molecule has 0 aliphatic rings. The summed E-state index contributed by atoms with van der Waals surface area (Å²) in [6.07, 6.45) is 2.09. The number of aryl methyl sites for hydroxylation is 1. The van der Waals surface area contributed by atoms with Crippen LogP contribution in [0.5, 0.6) is 0 Å². The Bertz CT molecular complexity index is 2820. The van der Waals surface area contributed by atoms with E-state index in [4.69, 9.17) is 12.1 Å². The van der Waals surface area contributed by atoms with Crippen molar-refractivity contribution in [1.82, 2.24) is 9.97 Å². The third kappa shape index (κ3) is 8.69. The minimum Gasteiger partial charge on any atom is -0.501 e. The summed E-state index contributed by atoms with van der Waals surface area (Å²) in [5.74, 6) is 7.23. The van der Waals surface area contributed by atoms with Crippen molar-refractivity contribution in [2.75, 3.05) is 0 Å². The summed E-state index contributed by atoms with van der Waals surface area (Å²) in [7, 11) is 0. The van der Waals surface area contributed by atoms with Gasteiger partial charge in [0.2, 0.25) is 0 Å². The van der Waals surface area contributed by atoms with Crippen molar-refractivity contribution in [2.45, 2.75) is 30.6 Å². The van der Waals surface area contributed by atoms with E-state index in [1.807, 2.05) is 60.7 Å². The van der Waals surface area contributed by atoms with Crippen molar-refractivity contribution in [1.29, 1.82) is 0 Å². The zero-order chi connectivity index (χ0) is 39.6. The molecule has 0 unspecified atom stereocenters. The number of benzene rings is 6. The normalized spacial score (nSPS) is 11.9. The van der Waals surface area contributed by atoms with E-state index in [1.165, 1.54) is 21.1 Å². The topological polar surface area (TPSA) is 38.9 Å². The van der Waals surface area contributed by atoms with Gasteiger partial charge in [0, 0.05) is 34.4 Å². The maximum absolute atomic E-state index is 8.73. The maximum Gasteiger partial charge on any atom is 0.121 e. The van der Waals surface area contributed by atoms with Crippen LogP contribution in [0.15, 0.2) is 175 Å². The number of nitrogens with zero attached hydrogens (tertiary/aromatic N) is 2. The van der Waals surface area contributed by atoms with Crippen LogP contribution in [0.2, 0.25) is 17.3 Å². The summed E-state index contributed by atoms with van der Waals surface area (Å²) >= 11 is -1.85. The van der Waals surface area contributed by atoms with Crippen molar-refractivity contribution in [3.63, 3.8) is 0 Å². The van der Waals surface area contributed by atoms with E-state index < -0.39 is 19.6 Å². The first-order valence-corrected chi connectivity index (χ1v) is 25.9. The van der Waals surface area contributed by atoms with Crippen LogP contribution in [-0.4, -0.2) is 23.2 Å². The second-order valence-electron chi connectivity index (χ2n) is 14.7. The van der Waals surface area contributed by atoms with Crippen LogP contribution in [0, 0.1) is 19.1 Å². The molecule has 1 radical (unpaired) electrons. The molecule has 5 heteroatoms. The van der Waals surface area contributed by atoms with Gasteiger partial charge in [0.15, 0.2) is 0 Å². The summed E-state index contributed by atoms with van der Waals surface area (Å²) in [5, 5.41) is 2.02. The Kier molecular flexibility index (Phi) is 11.1. The molecule has 3 aromatic heterocycles. The van der Waals surface area contributed by atoms with E-state index in [0.29, 0.717) is 22.4 Å². The van der Waals surface area contributed by atoms with Crippen molar-refractivity contribution in [3.05, 3.63) is 199 Å². The molecule has 0 saturated carbocycles. The minimum absolute atomic E-state index is 0. The number of rotatable bonds is 7. The smallest absolute Gasteiger partial charge is 0.121 e. The van der Waals surface area contributed by atoms with Crippen molar-refractivity contribution < 1.29 is 27.3 Å². The molecule has 3 heterocycles. The van der Waals surface area contributed by atoms with Crippen LogP contribution in [0.3, 0.4) is 0 Å². The molecular weight excluding hydrogens is 921 g/mol. The van der Waals surface area contributed by atoms with E-state index >= 15 is 0 Å². The fourth-order valence-corrected chi connectivity index (χ4v) is 10.6. The summed E-state index contributed by atoms with van der Waals surface area (Å²) in [6, 6.07) is 58.6. The van der Waals surface area contributed by atoms with Crippen LogP contribution in [-0.2, 0) is 26.5 Å². The van der Waals surface area contributed by atoms with Crippen LogP contribution < -0.4 is 4.40 Å². The van der Waals surface area contributed by atoms with Crippen molar-refractivity contribution >= 4 is 39.6 Å². The van der Waals surface area contributed by atoms with Gasteiger partial charge < -0.3 is 9.40 Å². The van der Waals surface area contributed by atoms with Crippen LogP contribution in [0.1, 0.15) is 19.4 Å². The Labute approximate surface area is 349 Å². The molecule has 0 amide bonds. The van der Waals surface area contributed by atoms with Gasteiger partial charge in [-0.3, -0.25) is 0 Å². The third-order valence-electron chi connectivity index (χ3n) is 9.72. The van der Waals surface area contributed by atoms with Crippen LogP contribution in [0.4, 0.5) is 0 Å². The number of hydrogen-bond acceptors (Lipinski definition) is 3. The molecule has 9 aromatic rings. The average Bonchev–Trinajstić information content (AvgIpc) is 3.63. The van der Waals surface area contributed by atoms with E-state index in [-0.39, 0.29) is 20.1 Å². The molecule has 0 aliphatic heterocycles. The molecule has 3 nitrogen and oxygen atoms in total. The number of pyridine rings is 2. The summed E-state index contributed by atoms with van der Waals surface area (Å²) < 4.78 is 25.3. The molecule has 56 heavy (non-hydrogen) atoms. The molecular formula is C51H42GeIrN2O-2. The van der Waals surface area contributed by atoms with Gasteiger partial charge in [-0.1, -0.05) is 89.8 Å². The zero-order valence-corrected chi connectivity index (χ0v) is 36.3. The molecule has 0 bridgehead atoms. The van der Waals surface area contributed by atoms with Crippen LogP contribution in [0.25, 0.3) is 66.7 Å². The average molecular weight is 966 g/mol. The van der Waals surface area contributed by atoms with Gasteiger partial charge in [0.1, 0.15) is 5.58 Å². The molecule has 277 valence electrons. The monoisotopic (exact) mass is 967 g/mol. The van der Waals surface area contributed by atoms with Crippen LogP contribution >= 0.6 is 0 Å². The molecule has 0 N–H and O–H groups in total. The summed E-state index contributed by atoms with van der Waals surface area (Å²) in [6.45, 7) is 2.21. The third-order valence-corrected chi connectivity index (χ3v) is 14.2. The second-order valence-corrected chi connectivity index (χ2v) is 25.3. The Morgan fingerprint density at radius 2 is 1.27 bits per heavy atom. The Hall–Kier alpha value is -5.39. The molecule has 0 fully saturated rings. The summed E-state index contributed by atoms with van der Waals surface area (Å²) in [5.41, 5.74) is 12.1. The van der Waals surface area contributed by atoms with E-state index in [1.54, 1.807) is 30.5 Å². The first-order valence-electron chi connectivity index (χ1n) is 19.6. The first kappa shape index (κ1) is 36.3. The van der Waals surface area contributed by atoms with E-state index in [2.05, 4.69) is 120 Å². The number of fused-ring (bicyclic) bond motifs is 3. The van der Waals surface area contributed by atoms with Gasteiger partial charge in [-0.2, -0.15) is 0 Å². The van der Waals surface area contributed by atoms with Gasteiger partial charge >= 0.3 is 142 Å². The molecule has 0 aliphatic carbocycles. The van der Waals surface area contributed by atoms with Gasteiger partial charge in [-0.15, -0.1) is 18.2 Å². The fraction of sp³-hybridized carbons (Fsp3) is 0.0980. The largest absolute Gasteiger partial charge is 0.501 e. The van der Waals surface area contributed by atoms with Crippen molar-refractivity contribution in [2.24, 2.45) is 0 Å². The summed E-state index contributed by atoms with van der Waals surface area (Å²) in [4.78, 5) is 9.27. The molecule has 9 rings (SSSR count). The second kappa shape index (κ2) is 17.2. The first-order chi connectivity index (χ1) is 27.6. The predicted molar refractivity (Wildman–Crippen MR) is 232 cm³/mol.